The molecule has 1 saturated heterocycles. The summed E-state index contributed by atoms with van der Waals surface area (Å²) in [6.45, 7) is 1.68. The van der Waals surface area contributed by atoms with Crippen molar-refractivity contribution in [2.45, 2.75) is 57.8 Å². The van der Waals surface area contributed by atoms with Gasteiger partial charge in [-0.25, -0.2) is 9.48 Å². The topological polar surface area (TPSA) is 72.2 Å². The minimum atomic E-state index is -4.51. The molecule has 2 aromatic rings. The van der Waals surface area contributed by atoms with Crippen molar-refractivity contribution in [3.8, 4) is 0 Å². The first-order valence-corrected chi connectivity index (χ1v) is 10.3. The quantitative estimate of drug-likeness (QED) is 0.821. The minimum absolute atomic E-state index is 0.102. The molecule has 0 atom stereocenters. The highest BCUT2D eigenvalue weighted by Crippen LogP contribution is 2.36. The molecule has 1 N–H and O–H groups in total. The van der Waals surface area contributed by atoms with Crippen LogP contribution < -0.4 is 15.9 Å². The second-order valence-corrected chi connectivity index (χ2v) is 7.79. The number of aromatic nitrogens is 3. The van der Waals surface area contributed by atoms with Gasteiger partial charge in [0.15, 0.2) is 0 Å². The first-order chi connectivity index (χ1) is 14.3. The van der Waals surface area contributed by atoms with Gasteiger partial charge in [-0.15, -0.1) is 0 Å². The van der Waals surface area contributed by atoms with Gasteiger partial charge in [-0.1, -0.05) is 6.42 Å². The summed E-state index contributed by atoms with van der Waals surface area (Å²) in [6, 6.07) is 3.38. The Kier molecular flexibility index (Phi) is 5.57. The fourth-order valence-corrected chi connectivity index (χ4v) is 4.10. The molecule has 3 heterocycles. The van der Waals surface area contributed by atoms with Gasteiger partial charge in [0.1, 0.15) is 12.4 Å². The van der Waals surface area contributed by atoms with Gasteiger partial charge >= 0.3 is 11.9 Å². The molecule has 162 valence electrons. The van der Waals surface area contributed by atoms with E-state index in [0.29, 0.717) is 24.5 Å². The average molecular weight is 423 g/mol. The molecule has 0 bridgehead atoms. The van der Waals surface area contributed by atoms with E-state index < -0.39 is 17.6 Å². The zero-order valence-electron chi connectivity index (χ0n) is 16.5. The largest absolute Gasteiger partial charge is 0.416 e. The van der Waals surface area contributed by atoms with Crippen LogP contribution in [-0.4, -0.2) is 33.3 Å². The van der Waals surface area contributed by atoms with Crippen LogP contribution in [0.3, 0.4) is 0 Å². The van der Waals surface area contributed by atoms with E-state index in [0.717, 1.165) is 62.0 Å². The normalized spacial score (nSPS) is 17.0. The molecule has 1 amide bonds. The summed E-state index contributed by atoms with van der Waals surface area (Å²) in [6.07, 6.45) is 0.907. The monoisotopic (exact) mass is 423 g/mol. The van der Waals surface area contributed by atoms with E-state index in [1.807, 2.05) is 4.90 Å². The Balaban J connectivity index is 1.57. The number of aryl methyl sites for hydroxylation is 1. The molecule has 0 saturated carbocycles. The molecule has 0 spiro atoms. The van der Waals surface area contributed by atoms with Crippen LogP contribution in [0.15, 0.2) is 23.0 Å². The van der Waals surface area contributed by atoms with Gasteiger partial charge in [0.2, 0.25) is 5.91 Å². The second-order valence-electron chi connectivity index (χ2n) is 7.79. The van der Waals surface area contributed by atoms with Gasteiger partial charge < -0.3 is 10.2 Å². The fraction of sp³-hybridized carbons (Fsp3) is 0.550. The van der Waals surface area contributed by atoms with E-state index >= 15 is 0 Å². The molecular weight excluding hydrogens is 399 g/mol. The summed E-state index contributed by atoms with van der Waals surface area (Å²) in [4.78, 5) is 27.1. The predicted molar refractivity (Wildman–Crippen MR) is 106 cm³/mol. The van der Waals surface area contributed by atoms with Crippen molar-refractivity contribution in [3.63, 3.8) is 0 Å². The zero-order valence-corrected chi connectivity index (χ0v) is 16.5. The summed E-state index contributed by atoms with van der Waals surface area (Å²) >= 11 is 0. The molecule has 2 aliphatic heterocycles. The molecule has 0 unspecified atom stereocenters. The minimum Gasteiger partial charge on any atom is -0.370 e. The zero-order chi connectivity index (χ0) is 21.3. The third-order valence-corrected chi connectivity index (χ3v) is 5.62. The van der Waals surface area contributed by atoms with Gasteiger partial charge in [-0.2, -0.15) is 18.3 Å². The Morgan fingerprint density at radius 2 is 1.80 bits per heavy atom. The van der Waals surface area contributed by atoms with Crippen LogP contribution in [0.1, 0.15) is 43.5 Å². The summed E-state index contributed by atoms with van der Waals surface area (Å²) in [5, 5.41) is 6.84. The number of hydrogen-bond donors (Lipinski definition) is 1. The number of nitrogens with zero attached hydrogens (tertiary/aromatic N) is 4. The van der Waals surface area contributed by atoms with Gasteiger partial charge in [0, 0.05) is 26.1 Å². The summed E-state index contributed by atoms with van der Waals surface area (Å²) in [5.74, 6) is 0.0762. The van der Waals surface area contributed by atoms with Crippen LogP contribution >= 0.6 is 0 Å². The van der Waals surface area contributed by atoms with Crippen LogP contribution in [0.4, 0.5) is 24.5 Å². The third-order valence-electron chi connectivity index (χ3n) is 5.62. The van der Waals surface area contributed by atoms with E-state index in [1.165, 1.54) is 6.07 Å². The van der Waals surface area contributed by atoms with E-state index in [4.69, 9.17) is 0 Å². The first-order valence-electron chi connectivity index (χ1n) is 10.3. The summed E-state index contributed by atoms with van der Waals surface area (Å²) in [7, 11) is 0. The van der Waals surface area contributed by atoms with Crippen molar-refractivity contribution >= 4 is 17.3 Å². The SMILES string of the molecule is O=C(Cn1nc2n(c1=O)CCCCC2)Nc1cc(C(F)(F)F)ccc1N1CCCC1. The first kappa shape index (κ1) is 20.5. The van der Waals surface area contributed by atoms with Crippen LogP contribution in [0.5, 0.6) is 0 Å². The van der Waals surface area contributed by atoms with Crippen molar-refractivity contribution in [1.82, 2.24) is 14.3 Å². The third kappa shape index (κ3) is 4.22. The number of carbonyl (C=O) groups is 1. The lowest BCUT2D eigenvalue weighted by atomic mass is 10.1. The molecule has 1 aromatic carbocycles. The van der Waals surface area contributed by atoms with Crippen molar-refractivity contribution in [2.24, 2.45) is 0 Å². The van der Waals surface area contributed by atoms with Crippen molar-refractivity contribution in [3.05, 3.63) is 40.1 Å². The van der Waals surface area contributed by atoms with Crippen LogP contribution in [0.2, 0.25) is 0 Å². The number of nitrogens with one attached hydrogen (secondary N) is 1. The summed E-state index contributed by atoms with van der Waals surface area (Å²) < 4.78 is 42.3. The smallest absolute Gasteiger partial charge is 0.370 e. The Morgan fingerprint density at radius 1 is 1.07 bits per heavy atom. The lowest BCUT2D eigenvalue weighted by Crippen LogP contribution is -2.31. The maximum absolute atomic E-state index is 13.2. The van der Waals surface area contributed by atoms with Crippen molar-refractivity contribution in [1.29, 1.82) is 0 Å². The van der Waals surface area contributed by atoms with Gasteiger partial charge in [0.05, 0.1) is 16.9 Å². The number of anilines is 2. The van der Waals surface area contributed by atoms with E-state index in [-0.39, 0.29) is 17.9 Å². The lowest BCUT2D eigenvalue weighted by molar-refractivity contribution is -0.137. The average Bonchev–Trinajstić information content (AvgIpc) is 3.24. The Hall–Kier alpha value is -2.78. The molecular formula is C20H24F3N5O2. The van der Waals surface area contributed by atoms with Gasteiger partial charge in [-0.3, -0.25) is 9.36 Å². The predicted octanol–water partition coefficient (Wildman–Crippen LogP) is 3.03. The highest BCUT2D eigenvalue weighted by Gasteiger charge is 2.32. The van der Waals surface area contributed by atoms with Crippen LogP contribution in [0, 0.1) is 0 Å². The molecule has 2 aliphatic rings. The molecule has 10 heteroatoms. The molecule has 7 nitrogen and oxygen atoms in total. The highest BCUT2D eigenvalue weighted by molar-refractivity contribution is 5.94. The Morgan fingerprint density at radius 3 is 2.53 bits per heavy atom. The second kappa shape index (κ2) is 8.16. The summed E-state index contributed by atoms with van der Waals surface area (Å²) in [5.41, 5.74) is -0.523. The number of hydrogen-bond acceptors (Lipinski definition) is 4. The lowest BCUT2D eigenvalue weighted by Gasteiger charge is -2.23. The maximum atomic E-state index is 13.2. The number of alkyl halides is 3. The molecule has 0 radical (unpaired) electrons. The molecule has 1 fully saturated rings. The van der Waals surface area contributed by atoms with Crippen molar-refractivity contribution in [2.75, 3.05) is 23.3 Å². The van der Waals surface area contributed by atoms with Gasteiger partial charge in [-0.05, 0) is 43.9 Å². The molecule has 4 rings (SSSR count). The fourth-order valence-electron chi connectivity index (χ4n) is 4.10. The van der Waals surface area contributed by atoms with Crippen LogP contribution in [-0.2, 0) is 30.5 Å². The number of amides is 1. The van der Waals surface area contributed by atoms with E-state index in [9.17, 15) is 22.8 Å². The number of rotatable bonds is 4. The molecule has 1 aromatic heterocycles. The number of fused-ring (bicyclic) bond motifs is 1. The standard InChI is InChI=1S/C20H24F3N5O2/c21-20(22,23)14-7-8-16(26-9-4-5-10-26)15(12-14)24-18(29)13-28-19(30)27-11-3-1-2-6-17(27)25-28/h7-8,12H,1-6,9-11,13H2,(H,24,29). The van der Waals surface area contributed by atoms with Crippen LogP contribution in [0.25, 0.3) is 0 Å². The Bertz CT molecular complexity index is 989. The van der Waals surface area contributed by atoms with E-state index in [1.54, 1.807) is 4.57 Å². The number of benzene rings is 1. The molecule has 30 heavy (non-hydrogen) atoms. The number of carbonyl (C=O) groups excluding carboxylic acids is 1. The highest BCUT2D eigenvalue weighted by atomic mass is 19.4. The Labute approximate surface area is 171 Å². The van der Waals surface area contributed by atoms with Gasteiger partial charge in [0.25, 0.3) is 0 Å². The maximum Gasteiger partial charge on any atom is 0.416 e. The van der Waals surface area contributed by atoms with E-state index in [2.05, 4.69) is 10.4 Å². The van der Waals surface area contributed by atoms with Crippen molar-refractivity contribution < 1.29 is 18.0 Å². The number of halogens is 3. The molecule has 0 aliphatic carbocycles.